The summed E-state index contributed by atoms with van der Waals surface area (Å²) in [7, 11) is 0. The lowest BCUT2D eigenvalue weighted by Gasteiger charge is -2.26. The molecule has 0 spiro atoms. The SMILES string of the molecule is CCCn1cc(/C=C2\C(=O)NC(=O)N(c3ccc(C)c(C)c3)C2=O)c2ccccc21. The Bertz CT molecular complexity index is 1220. The minimum absolute atomic E-state index is 0.0628. The first-order valence-electron chi connectivity index (χ1n) is 9.97. The lowest BCUT2D eigenvalue weighted by atomic mass is 10.0. The summed E-state index contributed by atoms with van der Waals surface area (Å²) < 4.78 is 2.11. The van der Waals surface area contributed by atoms with Gasteiger partial charge in [0.15, 0.2) is 0 Å². The van der Waals surface area contributed by atoms with Crippen molar-refractivity contribution < 1.29 is 14.4 Å². The molecule has 0 aliphatic carbocycles. The van der Waals surface area contributed by atoms with Crippen LogP contribution in [0.4, 0.5) is 10.5 Å². The molecule has 2 heterocycles. The van der Waals surface area contributed by atoms with E-state index in [1.807, 2.05) is 50.4 Å². The number of hydrogen-bond acceptors (Lipinski definition) is 3. The van der Waals surface area contributed by atoms with Crippen molar-refractivity contribution in [1.29, 1.82) is 0 Å². The number of urea groups is 1. The molecule has 4 rings (SSSR count). The van der Waals surface area contributed by atoms with Crippen LogP contribution in [-0.2, 0) is 16.1 Å². The summed E-state index contributed by atoms with van der Waals surface area (Å²) in [5, 5.41) is 3.25. The van der Waals surface area contributed by atoms with Gasteiger partial charge in [0.25, 0.3) is 11.8 Å². The average molecular weight is 401 g/mol. The monoisotopic (exact) mass is 401 g/mol. The molecule has 6 heteroatoms. The van der Waals surface area contributed by atoms with Gasteiger partial charge in [-0.25, -0.2) is 9.69 Å². The minimum atomic E-state index is -0.737. The minimum Gasteiger partial charge on any atom is -0.347 e. The molecule has 0 radical (unpaired) electrons. The van der Waals surface area contributed by atoms with E-state index < -0.39 is 17.8 Å². The highest BCUT2D eigenvalue weighted by Crippen LogP contribution is 2.27. The highest BCUT2D eigenvalue weighted by molar-refractivity contribution is 6.39. The number of fused-ring (bicyclic) bond motifs is 1. The van der Waals surface area contributed by atoms with E-state index in [1.165, 1.54) is 0 Å². The standard InChI is InChI=1S/C24H23N3O3/c1-4-11-26-14-17(19-7-5-6-8-21(19)26)13-20-22(28)25-24(30)27(23(20)29)18-10-9-15(2)16(3)12-18/h5-10,12-14H,4,11H2,1-3H3,(H,25,28,30)/b20-13+. The molecule has 6 nitrogen and oxygen atoms in total. The fourth-order valence-electron chi connectivity index (χ4n) is 3.73. The lowest BCUT2D eigenvalue weighted by molar-refractivity contribution is -0.122. The summed E-state index contributed by atoms with van der Waals surface area (Å²) in [4.78, 5) is 39.2. The summed E-state index contributed by atoms with van der Waals surface area (Å²) in [5.41, 5.74) is 4.20. The van der Waals surface area contributed by atoms with Gasteiger partial charge in [0.05, 0.1) is 5.69 Å². The van der Waals surface area contributed by atoms with Crippen molar-refractivity contribution in [3.8, 4) is 0 Å². The Morgan fingerprint density at radius 1 is 1.00 bits per heavy atom. The summed E-state index contributed by atoms with van der Waals surface area (Å²) in [6.07, 6.45) is 4.48. The van der Waals surface area contributed by atoms with Crippen LogP contribution < -0.4 is 10.2 Å². The van der Waals surface area contributed by atoms with Crippen molar-refractivity contribution in [2.45, 2.75) is 33.7 Å². The molecule has 1 aliphatic rings. The molecule has 1 saturated heterocycles. The van der Waals surface area contributed by atoms with Crippen molar-refractivity contribution in [3.05, 3.63) is 70.9 Å². The van der Waals surface area contributed by atoms with E-state index in [1.54, 1.807) is 18.2 Å². The van der Waals surface area contributed by atoms with E-state index in [0.29, 0.717) is 5.69 Å². The average Bonchev–Trinajstić information content (AvgIpc) is 3.06. The van der Waals surface area contributed by atoms with Crippen LogP contribution in [0.3, 0.4) is 0 Å². The number of nitrogens with one attached hydrogen (secondary N) is 1. The highest BCUT2D eigenvalue weighted by atomic mass is 16.2. The number of anilines is 1. The number of rotatable bonds is 4. The molecule has 3 aromatic rings. The fourth-order valence-corrected chi connectivity index (χ4v) is 3.73. The smallest absolute Gasteiger partial charge is 0.335 e. The third-order valence-corrected chi connectivity index (χ3v) is 5.43. The molecular formula is C24H23N3O3. The Labute approximate surface area is 174 Å². The second-order valence-electron chi connectivity index (χ2n) is 7.52. The molecule has 152 valence electrons. The topological polar surface area (TPSA) is 71.4 Å². The Balaban J connectivity index is 1.80. The van der Waals surface area contributed by atoms with Gasteiger partial charge in [-0.15, -0.1) is 0 Å². The number of carbonyl (C=O) groups excluding carboxylic acids is 3. The zero-order valence-electron chi connectivity index (χ0n) is 17.2. The zero-order chi connectivity index (χ0) is 21.4. The molecule has 30 heavy (non-hydrogen) atoms. The number of barbiturate groups is 1. The van der Waals surface area contributed by atoms with Crippen LogP contribution in [0, 0.1) is 13.8 Å². The lowest BCUT2D eigenvalue weighted by Crippen LogP contribution is -2.54. The van der Waals surface area contributed by atoms with E-state index in [-0.39, 0.29) is 5.57 Å². The molecule has 1 aromatic heterocycles. The Morgan fingerprint density at radius 2 is 1.77 bits per heavy atom. The first kappa shape index (κ1) is 19.6. The second kappa shape index (κ2) is 7.63. The van der Waals surface area contributed by atoms with Crippen LogP contribution in [0.2, 0.25) is 0 Å². The van der Waals surface area contributed by atoms with Crippen LogP contribution in [0.15, 0.2) is 54.2 Å². The highest BCUT2D eigenvalue weighted by Gasteiger charge is 2.37. The molecule has 1 fully saturated rings. The third kappa shape index (κ3) is 3.30. The largest absolute Gasteiger partial charge is 0.347 e. The molecule has 2 aromatic carbocycles. The van der Waals surface area contributed by atoms with Gasteiger partial charge in [-0.05, 0) is 55.7 Å². The molecule has 0 bridgehead atoms. The van der Waals surface area contributed by atoms with E-state index in [0.717, 1.165) is 45.5 Å². The predicted molar refractivity (Wildman–Crippen MR) is 117 cm³/mol. The quantitative estimate of drug-likeness (QED) is 0.522. The summed E-state index contributed by atoms with van der Waals surface area (Å²) in [5.74, 6) is -1.31. The Hall–Kier alpha value is -3.67. The van der Waals surface area contributed by atoms with Crippen LogP contribution in [-0.4, -0.2) is 22.4 Å². The van der Waals surface area contributed by atoms with E-state index in [9.17, 15) is 14.4 Å². The Morgan fingerprint density at radius 3 is 2.50 bits per heavy atom. The number of benzene rings is 2. The molecule has 0 unspecified atom stereocenters. The normalized spacial score (nSPS) is 15.9. The van der Waals surface area contributed by atoms with Gasteiger partial charge in [0, 0.05) is 29.2 Å². The molecule has 1 N–H and O–H groups in total. The Kier molecular flexibility index (Phi) is 4.99. The van der Waals surface area contributed by atoms with Gasteiger partial charge < -0.3 is 4.57 Å². The molecule has 1 aliphatic heterocycles. The van der Waals surface area contributed by atoms with E-state index in [2.05, 4.69) is 16.8 Å². The van der Waals surface area contributed by atoms with Gasteiger partial charge in [-0.3, -0.25) is 14.9 Å². The third-order valence-electron chi connectivity index (χ3n) is 5.43. The predicted octanol–water partition coefficient (Wildman–Crippen LogP) is 4.33. The first-order chi connectivity index (χ1) is 14.4. The van der Waals surface area contributed by atoms with Gasteiger partial charge in [-0.2, -0.15) is 0 Å². The van der Waals surface area contributed by atoms with Crippen molar-refractivity contribution in [3.63, 3.8) is 0 Å². The summed E-state index contributed by atoms with van der Waals surface area (Å²) >= 11 is 0. The number of aryl methyl sites for hydroxylation is 3. The van der Waals surface area contributed by atoms with Crippen molar-refractivity contribution in [2.24, 2.45) is 0 Å². The number of amides is 4. The van der Waals surface area contributed by atoms with Crippen molar-refractivity contribution >= 4 is 40.5 Å². The number of aromatic nitrogens is 1. The number of hydrogen-bond donors (Lipinski definition) is 1. The van der Waals surface area contributed by atoms with Crippen molar-refractivity contribution in [2.75, 3.05) is 4.90 Å². The second-order valence-corrected chi connectivity index (χ2v) is 7.52. The number of carbonyl (C=O) groups is 3. The maximum Gasteiger partial charge on any atom is 0.335 e. The van der Waals surface area contributed by atoms with Crippen LogP contribution in [0.1, 0.15) is 30.0 Å². The maximum atomic E-state index is 13.2. The number of imide groups is 2. The molecular weight excluding hydrogens is 378 g/mol. The van der Waals surface area contributed by atoms with Crippen LogP contribution in [0.25, 0.3) is 17.0 Å². The van der Waals surface area contributed by atoms with Gasteiger partial charge in [-0.1, -0.05) is 31.2 Å². The zero-order valence-corrected chi connectivity index (χ0v) is 17.2. The molecule has 0 saturated carbocycles. The van der Waals surface area contributed by atoms with E-state index in [4.69, 9.17) is 0 Å². The molecule has 0 atom stereocenters. The van der Waals surface area contributed by atoms with Gasteiger partial charge in [0.1, 0.15) is 5.57 Å². The van der Waals surface area contributed by atoms with Crippen molar-refractivity contribution in [1.82, 2.24) is 9.88 Å². The summed E-state index contributed by atoms with van der Waals surface area (Å²) in [6, 6.07) is 12.5. The fraction of sp³-hybridized carbons (Fsp3) is 0.208. The number of para-hydroxylation sites is 1. The van der Waals surface area contributed by atoms with Gasteiger partial charge in [0.2, 0.25) is 0 Å². The van der Waals surface area contributed by atoms with Gasteiger partial charge >= 0.3 is 6.03 Å². The molecule has 4 amide bonds. The first-order valence-corrected chi connectivity index (χ1v) is 9.97. The summed E-state index contributed by atoms with van der Waals surface area (Å²) in [6.45, 7) is 6.79. The maximum absolute atomic E-state index is 13.2. The number of nitrogens with zero attached hydrogens (tertiary/aromatic N) is 2. The van der Waals surface area contributed by atoms with Crippen LogP contribution >= 0.6 is 0 Å². The van der Waals surface area contributed by atoms with Crippen LogP contribution in [0.5, 0.6) is 0 Å². The van der Waals surface area contributed by atoms with E-state index >= 15 is 0 Å².